The molecule has 0 bridgehead atoms. The number of aromatic nitrogens is 2. The molecule has 0 radical (unpaired) electrons. The molecule has 0 unspecified atom stereocenters. The van der Waals surface area contributed by atoms with Gasteiger partial charge in [0.15, 0.2) is 0 Å². The minimum atomic E-state index is 0.697. The molecular formula is C9H10BrClN2. The fourth-order valence-corrected chi connectivity index (χ4v) is 1.86. The van der Waals surface area contributed by atoms with E-state index in [2.05, 4.69) is 20.9 Å². The smallest absolute Gasteiger partial charge is 0.0992 e. The van der Waals surface area contributed by atoms with Gasteiger partial charge in [0.2, 0.25) is 0 Å². The Balaban J connectivity index is 0.000000396. The minimum absolute atomic E-state index is 0.697. The molecule has 0 N–H and O–H groups in total. The van der Waals surface area contributed by atoms with Crippen LogP contribution in [0.4, 0.5) is 0 Å². The summed E-state index contributed by atoms with van der Waals surface area (Å²) in [6, 6.07) is 1.85. The lowest BCUT2D eigenvalue weighted by Gasteiger charge is -1.96. The molecule has 4 heteroatoms. The molecule has 0 aliphatic rings. The molecule has 2 aromatic rings. The number of hydrogen-bond acceptors (Lipinski definition) is 1. The van der Waals surface area contributed by atoms with Crippen LogP contribution in [0, 0.1) is 0 Å². The average Bonchev–Trinajstić information content (AvgIpc) is 2.55. The molecule has 2 nitrogen and oxygen atoms in total. The number of hydrogen-bond donors (Lipinski definition) is 0. The maximum atomic E-state index is 5.80. The monoisotopic (exact) mass is 260 g/mol. The maximum Gasteiger partial charge on any atom is 0.0992 e. The summed E-state index contributed by atoms with van der Waals surface area (Å²) in [6.07, 6.45) is 5.31. The van der Waals surface area contributed by atoms with E-state index in [-0.39, 0.29) is 0 Å². The van der Waals surface area contributed by atoms with Crippen molar-refractivity contribution in [2.45, 2.75) is 13.8 Å². The Labute approximate surface area is 90.7 Å². The minimum Gasteiger partial charge on any atom is -0.304 e. The second kappa shape index (κ2) is 4.63. The Kier molecular flexibility index (Phi) is 3.75. The predicted octanol–water partition coefficient (Wildman–Crippen LogP) is 3.78. The zero-order valence-corrected chi connectivity index (χ0v) is 9.80. The van der Waals surface area contributed by atoms with Crippen molar-refractivity contribution in [2.75, 3.05) is 0 Å². The third kappa shape index (κ3) is 2.23. The maximum absolute atomic E-state index is 5.80. The van der Waals surface area contributed by atoms with E-state index in [0.29, 0.717) is 5.02 Å². The Hall–Kier alpha value is -0.540. The van der Waals surface area contributed by atoms with Crippen molar-refractivity contribution in [1.29, 1.82) is 0 Å². The topological polar surface area (TPSA) is 17.3 Å². The molecule has 2 aromatic heterocycles. The highest BCUT2D eigenvalue weighted by atomic mass is 79.9. The molecule has 0 atom stereocenters. The molecule has 0 aliphatic heterocycles. The van der Waals surface area contributed by atoms with Gasteiger partial charge in [-0.1, -0.05) is 25.4 Å². The largest absolute Gasteiger partial charge is 0.304 e. The van der Waals surface area contributed by atoms with Crippen LogP contribution in [-0.2, 0) is 0 Å². The van der Waals surface area contributed by atoms with Gasteiger partial charge in [-0.25, -0.2) is 4.98 Å². The predicted molar refractivity (Wildman–Crippen MR) is 59.3 cm³/mol. The molecular weight excluding hydrogens is 251 g/mol. The molecule has 70 valence electrons. The van der Waals surface area contributed by atoms with Gasteiger partial charge in [-0.15, -0.1) is 0 Å². The number of imidazole rings is 1. The molecule has 0 aliphatic carbocycles. The second-order valence-corrected chi connectivity index (χ2v) is 3.48. The number of nitrogens with zero attached hydrogens (tertiary/aromatic N) is 2. The summed E-state index contributed by atoms with van der Waals surface area (Å²) in [7, 11) is 0. The third-order valence-corrected chi connectivity index (χ3v) is 2.28. The van der Waals surface area contributed by atoms with E-state index >= 15 is 0 Å². The van der Waals surface area contributed by atoms with Crippen molar-refractivity contribution >= 4 is 33.0 Å². The third-order valence-electron chi connectivity index (χ3n) is 1.44. The molecule has 2 rings (SSSR count). The first kappa shape index (κ1) is 10.5. The van der Waals surface area contributed by atoms with Crippen molar-refractivity contribution in [3.05, 3.63) is 34.3 Å². The van der Waals surface area contributed by atoms with E-state index in [1.54, 1.807) is 12.5 Å². The van der Waals surface area contributed by atoms with Gasteiger partial charge in [-0.05, 0) is 22.0 Å². The fraction of sp³-hybridized carbons (Fsp3) is 0.222. The first-order valence-electron chi connectivity index (χ1n) is 4.04. The van der Waals surface area contributed by atoms with Gasteiger partial charge in [0.25, 0.3) is 0 Å². The average molecular weight is 262 g/mol. The molecule has 0 saturated heterocycles. The summed E-state index contributed by atoms with van der Waals surface area (Å²) in [5, 5.41) is 0.697. The highest BCUT2D eigenvalue weighted by molar-refractivity contribution is 9.10. The van der Waals surface area contributed by atoms with Crippen molar-refractivity contribution in [1.82, 2.24) is 9.38 Å². The second-order valence-electron chi connectivity index (χ2n) is 2.19. The highest BCUT2D eigenvalue weighted by Crippen LogP contribution is 2.21. The number of halogens is 2. The quantitative estimate of drug-likeness (QED) is 0.705. The zero-order valence-electron chi connectivity index (χ0n) is 7.46. The van der Waals surface area contributed by atoms with Crippen LogP contribution in [0.3, 0.4) is 0 Å². The molecule has 13 heavy (non-hydrogen) atoms. The zero-order chi connectivity index (χ0) is 9.84. The summed E-state index contributed by atoms with van der Waals surface area (Å²) in [5.74, 6) is 0. The van der Waals surface area contributed by atoms with Crippen molar-refractivity contribution < 1.29 is 0 Å². The van der Waals surface area contributed by atoms with E-state index in [1.165, 1.54) is 0 Å². The van der Waals surface area contributed by atoms with Gasteiger partial charge in [-0.2, -0.15) is 0 Å². The molecule has 0 amide bonds. The lowest BCUT2D eigenvalue weighted by atomic mass is 10.4. The molecule has 0 fully saturated rings. The van der Waals surface area contributed by atoms with Crippen LogP contribution >= 0.6 is 27.5 Å². The van der Waals surface area contributed by atoms with Crippen LogP contribution in [0.1, 0.15) is 13.8 Å². The highest BCUT2D eigenvalue weighted by Gasteiger charge is 1.99. The Morgan fingerprint density at radius 1 is 1.46 bits per heavy atom. The van der Waals surface area contributed by atoms with E-state index in [4.69, 9.17) is 11.6 Å². The summed E-state index contributed by atoms with van der Waals surface area (Å²) in [6.45, 7) is 4.00. The molecule has 2 heterocycles. The standard InChI is InChI=1S/C7H4BrClN2.C2H6/c8-6-1-5(9)3-11-4-10-2-7(6)11;1-2/h1-4H;1-2H3. The van der Waals surface area contributed by atoms with Crippen LogP contribution in [0.5, 0.6) is 0 Å². The van der Waals surface area contributed by atoms with E-state index in [0.717, 1.165) is 9.99 Å². The van der Waals surface area contributed by atoms with Crippen LogP contribution in [-0.4, -0.2) is 9.38 Å². The SMILES string of the molecule is CC.Clc1cc(Br)c2cncn2c1. The molecule has 0 saturated carbocycles. The van der Waals surface area contributed by atoms with E-state index in [9.17, 15) is 0 Å². The Bertz CT molecular complexity index is 397. The summed E-state index contributed by atoms with van der Waals surface area (Å²) < 4.78 is 2.83. The fourth-order valence-electron chi connectivity index (χ4n) is 0.958. The molecule has 0 aromatic carbocycles. The van der Waals surface area contributed by atoms with Gasteiger partial charge < -0.3 is 4.40 Å². The first-order chi connectivity index (χ1) is 6.27. The van der Waals surface area contributed by atoms with Crippen LogP contribution in [0.2, 0.25) is 5.02 Å². The number of rotatable bonds is 0. The summed E-state index contributed by atoms with van der Waals surface area (Å²) >= 11 is 9.18. The van der Waals surface area contributed by atoms with Crippen LogP contribution in [0.15, 0.2) is 29.3 Å². The lowest BCUT2D eigenvalue weighted by molar-refractivity contribution is 1.15. The Morgan fingerprint density at radius 3 is 2.85 bits per heavy atom. The van der Waals surface area contributed by atoms with Gasteiger partial charge >= 0.3 is 0 Å². The van der Waals surface area contributed by atoms with Gasteiger partial charge in [0.05, 0.1) is 23.1 Å². The van der Waals surface area contributed by atoms with Gasteiger partial charge in [-0.3, -0.25) is 0 Å². The summed E-state index contributed by atoms with van der Waals surface area (Å²) in [5.41, 5.74) is 1.02. The van der Waals surface area contributed by atoms with Crippen molar-refractivity contribution in [3.8, 4) is 0 Å². The molecule has 0 spiro atoms. The van der Waals surface area contributed by atoms with Crippen LogP contribution < -0.4 is 0 Å². The Morgan fingerprint density at radius 2 is 2.15 bits per heavy atom. The summed E-state index contributed by atoms with van der Waals surface area (Å²) in [4.78, 5) is 3.98. The van der Waals surface area contributed by atoms with Crippen molar-refractivity contribution in [3.63, 3.8) is 0 Å². The number of fused-ring (bicyclic) bond motifs is 1. The van der Waals surface area contributed by atoms with E-state index < -0.39 is 0 Å². The van der Waals surface area contributed by atoms with Gasteiger partial charge in [0, 0.05) is 10.7 Å². The lowest BCUT2D eigenvalue weighted by Crippen LogP contribution is -1.81. The van der Waals surface area contributed by atoms with Gasteiger partial charge in [0.1, 0.15) is 0 Å². The normalized spacial score (nSPS) is 9.54. The number of pyridine rings is 1. The first-order valence-corrected chi connectivity index (χ1v) is 5.21. The van der Waals surface area contributed by atoms with Crippen LogP contribution in [0.25, 0.3) is 5.52 Å². The van der Waals surface area contributed by atoms with Crippen molar-refractivity contribution in [2.24, 2.45) is 0 Å². The van der Waals surface area contributed by atoms with E-state index in [1.807, 2.05) is 30.5 Å².